The molecule has 4 rings (SSSR count). The van der Waals surface area contributed by atoms with E-state index < -0.39 is 15.7 Å². The van der Waals surface area contributed by atoms with Crippen LogP contribution in [0.3, 0.4) is 0 Å². The molecule has 31 heavy (non-hydrogen) atoms. The van der Waals surface area contributed by atoms with Gasteiger partial charge in [0.2, 0.25) is 0 Å². The van der Waals surface area contributed by atoms with E-state index in [9.17, 15) is 12.8 Å². The second-order valence-electron chi connectivity index (χ2n) is 7.24. The van der Waals surface area contributed by atoms with Crippen LogP contribution in [0.1, 0.15) is 18.1 Å². The Bertz CT molecular complexity index is 1260. The standard InChI is InChI=1S/C23H19ClFNO4S/c1-23(29-19-5-3-4-17(24)14-19)26-21(15-6-10-18(25)11-7-15)22(30-23)16-8-12-20(13-9-16)31(2,27)28/h3-14,26H,1-2H3. The number of sulfone groups is 1. The minimum Gasteiger partial charge on any atom is -0.435 e. The highest BCUT2D eigenvalue weighted by Crippen LogP contribution is 2.38. The molecule has 1 atom stereocenters. The molecule has 0 amide bonds. The number of benzene rings is 3. The van der Waals surface area contributed by atoms with E-state index in [0.717, 1.165) is 6.26 Å². The van der Waals surface area contributed by atoms with Crippen LogP contribution in [0, 0.1) is 5.82 Å². The van der Waals surface area contributed by atoms with Gasteiger partial charge in [0.15, 0.2) is 15.6 Å². The van der Waals surface area contributed by atoms with Crippen molar-refractivity contribution in [1.82, 2.24) is 5.32 Å². The highest BCUT2D eigenvalue weighted by molar-refractivity contribution is 7.90. The van der Waals surface area contributed by atoms with E-state index in [0.29, 0.717) is 33.4 Å². The van der Waals surface area contributed by atoms with Gasteiger partial charge >= 0.3 is 5.91 Å². The second kappa shape index (κ2) is 7.90. The summed E-state index contributed by atoms with van der Waals surface area (Å²) >= 11 is 6.05. The third kappa shape index (κ3) is 4.68. The van der Waals surface area contributed by atoms with Crippen molar-refractivity contribution in [2.24, 2.45) is 0 Å². The van der Waals surface area contributed by atoms with Gasteiger partial charge in [-0.1, -0.05) is 17.7 Å². The zero-order chi connectivity index (χ0) is 22.2. The lowest BCUT2D eigenvalue weighted by atomic mass is 10.1. The molecule has 3 aromatic rings. The molecule has 0 radical (unpaired) electrons. The highest BCUT2D eigenvalue weighted by Gasteiger charge is 2.39. The van der Waals surface area contributed by atoms with Crippen LogP contribution < -0.4 is 10.1 Å². The van der Waals surface area contributed by atoms with Crippen LogP contribution in [0.2, 0.25) is 5.02 Å². The van der Waals surface area contributed by atoms with Crippen LogP contribution in [0.5, 0.6) is 5.75 Å². The lowest BCUT2D eigenvalue weighted by molar-refractivity contribution is -0.120. The van der Waals surface area contributed by atoms with Gasteiger partial charge in [0, 0.05) is 29.3 Å². The van der Waals surface area contributed by atoms with Gasteiger partial charge in [-0.3, -0.25) is 0 Å². The topological polar surface area (TPSA) is 64.6 Å². The zero-order valence-electron chi connectivity index (χ0n) is 16.7. The molecule has 0 aliphatic carbocycles. The van der Waals surface area contributed by atoms with Gasteiger partial charge in [-0.05, 0) is 66.7 Å². The second-order valence-corrected chi connectivity index (χ2v) is 9.69. The van der Waals surface area contributed by atoms with E-state index in [-0.39, 0.29) is 10.7 Å². The molecule has 0 saturated heterocycles. The summed E-state index contributed by atoms with van der Waals surface area (Å²) < 4.78 is 49.2. The van der Waals surface area contributed by atoms with Crippen LogP contribution in [-0.2, 0) is 14.6 Å². The maximum Gasteiger partial charge on any atom is 0.332 e. The maximum absolute atomic E-state index is 13.5. The quantitative estimate of drug-likeness (QED) is 0.576. The highest BCUT2D eigenvalue weighted by atomic mass is 35.5. The summed E-state index contributed by atoms with van der Waals surface area (Å²) in [5, 5.41) is 3.73. The Balaban J connectivity index is 1.73. The fraction of sp³-hybridized carbons (Fsp3) is 0.130. The first-order valence-electron chi connectivity index (χ1n) is 9.35. The van der Waals surface area contributed by atoms with Gasteiger partial charge in [0.05, 0.1) is 10.6 Å². The van der Waals surface area contributed by atoms with E-state index in [1.54, 1.807) is 55.5 Å². The predicted octanol–water partition coefficient (Wildman–Crippen LogP) is 5.08. The number of hydrogen-bond acceptors (Lipinski definition) is 5. The molecule has 1 N–H and O–H groups in total. The third-order valence-corrected chi connectivity index (χ3v) is 6.03. The van der Waals surface area contributed by atoms with Gasteiger partial charge in [0.1, 0.15) is 11.6 Å². The number of nitrogens with one attached hydrogen (secondary N) is 1. The molecule has 0 spiro atoms. The number of ether oxygens (including phenoxy) is 2. The lowest BCUT2D eigenvalue weighted by Gasteiger charge is -2.27. The van der Waals surface area contributed by atoms with Crippen molar-refractivity contribution in [2.75, 3.05) is 6.26 Å². The van der Waals surface area contributed by atoms with Gasteiger partial charge < -0.3 is 14.8 Å². The van der Waals surface area contributed by atoms with E-state index in [4.69, 9.17) is 21.1 Å². The number of hydrogen-bond donors (Lipinski definition) is 1. The molecule has 0 aromatic heterocycles. The first-order valence-corrected chi connectivity index (χ1v) is 11.6. The number of halogens is 2. The van der Waals surface area contributed by atoms with Crippen molar-refractivity contribution in [2.45, 2.75) is 17.7 Å². The number of rotatable bonds is 5. The molecule has 5 nitrogen and oxygen atoms in total. The van der Waals surface area contributed by atoms with Crippen molar-refractivity contribution in [3.63, 3.8) is 0 Å². The summed E-state index contributed by atoms with van der Waals surface area (Å²) in [6.07, 6.45) is 1.15. The van der Waals surface area contributed by atoms with Gasteiger partial charge in [0.25, 0.3) is 0 Å². The molecule has 8 heteroatoms. The average Bonchev–Trinajstić information content (AvgIpc) is 3.05. The summed E-state index contributed by atoms with van der Waals surface area (Å²) in [6.45, 7) is 1.70. The van der Waals surface area contributed by atoms with Crippen LogP contribution >= 0.6 is 11.6 Å². The van der Waals surface area contributed by atoms with Crippen molar-refractivity contribution in [3.8, 4) is 5.75 Å². The van der Waals surface area contributed by atoms with Gasteiger partial charge in [-0.25, -0.2) is 12.8 Å². The summed E-state index contributed by atoms with van der Waals surface area (Å²) in [6, 6.07) is 19.2. The minimum atomic E-state index is -3.33. The van der Waals surface area contributed by atoms with E-state index in [1.807, 2.05) is 0 Å². The first-order chi connectivity index (χ1) is 14.6. The van der Waals surface area contributed by atoms with Crippen molar-refractivity contribution in [1.29, 1.82) is 0 Å². The van der Waals surface area contributed by atoms with E-state index >= 15 is 0 Å². The van der Waals surface area contributed by atoms with Crippen molar-refractivity contribution >= 4 is 32.9 Å². The predicted molar refractivity (Wildman–Crippen MR) is 117 cm³/mol. The van der Waals surface area contributed by atoms with Crippen LogP contribution in [0.4, 0.5) is 4.39 Å². The summed E-state index contributed by atoms with van der Waals surface area (Å²) in [7, 11) is -3.33. The van der Waals surface area contributed by atoms with Crippen LogP contribution in [0.15, 0.2) is 77.7 Å². The fourth-order valence-electron chi connectivity index (χ4n) is 3.23. The molecule has 1 aliphatic rings. The Kier molecular flexibility index (Phi) is 5.41. The summed E-state index contributed by atoms with van der Waals surface area (Å²) in [5.41, 5.74) is 1.90. The Morgan fingerprint density at radius 1 is 1.00 bits per heavy atom. The average molecular weight is 460 g/mol. The third-order valence-electron chi connectivity index (χ3n) is 4.66. The van der Waals surface area contributed by atoms with E-state index in [2.05, 4.69) is 5.32 Å². The summed E-state index contributed by atoms with van der Waals surface area (Å²) in [4.78, 5) is 0.198. The molecule has 0 fully saturated rings. The van der Waals surface area contributed by atoms with Gasteiger partial charge in [-0.2, -0.15) is 0 Å². The Labute approximate surface area is 185 Å². The minimum absolute atomic E-state index is 0.198. The molecular weight excluding hydrogens is 441 g/mol. The molecule has 0 saturated carbocycles. The molecule has 160 valence electrons. The molecule has 1 aliphatic heterocycles. The Morgan fingerprint density at radius 2 is 1.65 bits per heavy atom. The van der Waals surface area contributed by atoms with Gasteiger partial charge in [-0.15, -0.1) is 0 Å². The first kappa shape index (κ1) is 21.2. The molecule has 3 aromatic carbocycles. The monoisotopic (exact) mass is 459 g/mol. The smallest absolute Gasteiger partial charge is 0.332 e. The normalized spacial score (nSPS) is 18.5. The molecule has 1 heterocycles. The van der Waals surface area contributed by atoms with Crippen molar-refractivity contribution in [3.05, 3.63) is 94.8 Å². The summed E-state index contributed by atoms with van der Waals surface area (Å²) in [5.74, 6) is -0.703. The van der Waals surface area contributed by atoms with E-state index in [1.165, 1.54) is 24.3 Å². The lowest BCUT2D eigenvalue weighted by Crippen LogP contribution is -2.44. The largest absolute Gasteiger partial charge is 0.435 e. The van der Waals surface area contributed by atoms with Crippen LogP contribution in [-0.4, -0.2) is 20.6 Å². The zero-order valence-corrected chi connectivity index (χ0v) is 18.3. The van der Waals surface area contributed by atoms with Crippen LogP contribution in [0.25, 0.3) is 11.5 Å². The molecule has 0 bridgehead atoms. The Morgan fingerprint density at radius 3 is 2.26 bits per heavy atom. The SMILES string of the molecule is CC1(Oc2cccc(Cl)c2)NC(c2ccc(F)cc2)=C(c2ccc(S(C)(=O)=O)cc2)O1. The van der Waals surface area contributed by atoms with Crippen molar-refractivity contribution < 1.29 is 22.3 Å². The molecular formula is C23H19ClFNO4S. The Hall–Kier alpha value is -3.03. The molecule has 1 unspecified atom stereocenters. The maximum atomic E-state index is 13.5. The fourth-order valence-corrected chi connectivity index (χ4v) is 4.04.